The van der Waals surface area contributed by atoms with Crippen LogP contribution >= 0.6 is 0 Å². The molecule has 0 saturated heterocycles. The monoisotopic (exact) mass is 319 g/mol. The van der Waals surface area contributed by atoms with Crippen LogP contribution < -0.4 is 0 Å². The third-order valence-electron chi connectivity index (χ3n) is 3.04. The molecule has 0 unspecified atom stereocenters. The molecule has 0 amide bonds. The smallest absolute Gasteiger partial charge is 0.358 e. The van der Waals surface area contributed by atoms with Crippen molar-refractivity contribution in [3.63, 3.8) is 0 Å². The van der Waals surface area contributed by atoms with E-state index in [1.54, 1.807) is 18.2 Å². The molecule has 2 aromatic rings. The summed E-state index contributed by atoms with van der Waals surface area (Å²) in [6.07, 6.45) is 3.37. The number of aromatic nitrogens is 3. The zero-order valence-corrected chi connectivity index (χ0v) is 12.0. The van der Waals surface area contributed by atoms with Crippen LogP contribution in [0, 0.1) is 5.82 Å². The van der Waals surface area contributed by atoms with E-state index in [2.05, 4.69) is 10.3 Å². The third kappa shape index (κ3) is 4.47. The van der Waals surface area contributed by atoms with Crippen LogP contribution in [0.5, 0.6) is 0 Å². The van der Waals surface area contributed by atoms with Gasteiger partial charge in [-0.1, -0.05) is 23.4 Å². The van der Waals surface area contributed by atoms with E-state index < -0.39 is 11.9 Å². The second-order valence-corrected chi connectivity index (χ2v) is 4.73. The summed E-state index contributed by atoms with van der Waals surface area (Å²) in [5.41, 5.74) is 0.715. The van der Waals surface area contributed by atoms with Gasteiger partial charge in [-0.05, 0) is 30.2 Å². The number of halogens is 1. The fourth-order valence-corrected chi connectivity index (χ4v) is 1.93. The number of hydrogen-bond acceptors (Lipinski definition) is 4. The van der Waals surface area contributed by atoms with E-state index in [-0.39, 0.29) is 30.2 Å². The molecular weight excluding hydrogens is 305 g/mol. The van der Waals surface area contributed by atoms with Crippen LogP contribution in [0.25, 0.3) is 12.2 Å². The normalized spacial score (nSPS) is 11.0. The number of nitrogens with zero attached hydrogens (tertiary/aromatic N) is 3. The molecule has 0 spiro atoms. The Labute approximate surface area is 130 Å². The van der Waals surface area contributed by atoms with E-state index >= 15 is 0 Å². The Morgan fingerprint density at radius 2 is 1.87 bits per heavy atom. The lowest BCUT2D eigenvalue weighted by Crippen LogP contribution is -2.07. The summed E-state index contributed by atoms with van der Waals surface area (Å²) >= 11 is 0. The fraction of sp³-hybridized carbons (Fsp3) is 0.200. The Balaban J connectivity index is 2.23. The average molecular weight is 319 g/mol. The molecule has 2 rings (SSSR count). The van der Waals surface area contributed by atoms with Gasteiger partial charge in [-0.25, -0.2) is 13.9 Å². The molecule has 2 N–H and O–H groups in total. The van der Waals surface area contributed by atoms with E-state index in [9.17, 15) is 14.0 Å². The summed E-state index contributed by atoms with van der Waals surface area (Å²) in [6, 6.07) is 5.68. The SMILES string of the molecule is O=C(O)CCCn1nnc(C(=O)O)c1/C=C/c1ccc(F)cc1. The number of rotatable bonds is 7. The first kappa shape index (κ1) is 16.3. The Hall–Kier alpha value is -3.03. The standard InChI is InChI=1S/C15H14FN3O4/c16-11-6-3-10(4-7-11)5-8-12-14(15(22)23)17-18-19(12)9-1-2-13(20)21/h3-8H,1-2,9H2,(H,20,21)(H,22,23)/b8-5+. The van der Waals surface area contributed by atoms with Crippen LogP contribution in [-0.2, 0) is 11.3 Å². The minimum absolute atomic E-state index is 0.0522. The highest BCUT2D eigenvalue weighted by atomic mass is 19.1. The van der Waals surface area contributed by atoms with Crippen molar-refractivity contribution in [1.82, 2.24) is 15.0 Å². The molecule has 0 radical (unpaired) electrons. The average Bonchev–Trinajstić information content (AvgIpc) is 2.89. The van der Waals surface area contributed by atoms with Gasteiger partial charge in [0.1, 0.15) is 5.82 Å². The van der Waals surface area contributed by atoms with Crippen LogP contribution in [0.3, 0.4) is 0 Å². The van der Waals surface area contributed by atoms with Crippen molar-refractivity contribution in [3.8, 4) is 0 Å². The molecule has 23 heavy (non-hydrogen) atoms. The van der Waals surface area contributed by atoms with Gasteiger partial charge in [0.25, 0.3) is 0 Å². The highest BCUT2D eigenvalue weighted by Crippen LogP contribution is 2.13. The summed E-state index contributed by atoms with van der Waals surface area (Å²) < 4.78 is 14.2. The molecule has 7 nitrogen and oxygen atoms in total. The van der Waals surface area contributed by atoms with Crippen LogP contribution in [0.1, 0.15) is 34.6 Å². The van der Waals surface area contributed by atoms with E-state index in [0.29, 0.717) is 12.0 Å². The lowest BCUT2D eigenvalue weighted by Gasteiger charge is -2.02. The zero-order chi connectivity index (χ0) is 16.8. The summed E-state index contributed by atoms with van der Waals surface area (Å²) in [5.74, 6) is -2.53. The summed E-state index contributed by atoms with van der Waals surface area (Å²) in [4.78, 5) is 21.7. The van der Waals surface area contributed by atoms with Crippen molar-refractivity contribution in [2.75, 3.05) is 0 Å². The molecule has 0 aliphatic rings. The van der Waals surface area contributed by atoms with Crippen LogP contribution in [0.15, 0.2) is 24.3 Å². The molecule has 8 heteroatoms. The van der Waals surface area contributed by atoms with Gasteiger partial charge in [0, 0.05) is 13.0 Å². The van der Waals surface area contributed by atoms with Gasteiger partial charge in [-0.3, -0.25) is 4.79 Å². The number of carboxylic acid groups (broad SMARTS) is 2. The molecule has 1 aromatic heterocycles. The van der Waals surface area contributed by atoms with Crippen molar-refractivity contribution in [3.05, 3.63) is 47.0 Å². The fourth-order valence-electron chi connectivity index (χ4n) is 1.93. The van der Waals surface area contributed by atoms with Crippen molar-refractivity contribution >= 4 is 24.1 Å². The molecule has 0 aliphatic carbocycles. The molecule has 1 aromatic carbocycles. The Bertz CT molecular complexity index is 738. The van der Waals surface area contributed by atoms with E-state index in [1.165, 1.54) is 22.9 Å². The molecule has 0 saturated carbocycles. The first-order valence-corrected chi connectivity index (χ1v) is 6.79. The highest BCUT2D eigenvalue weighted by Gasteiger charge is 2.16. The van der Waals surface area contributed by atoms with Gasteiger partial charge in [0.15, 0.2) is 5.69 Å². The Morgan fingerprint density at radius 1 is 1.17 bits per heavy atom. The molecule has 1 heterocycles. The number of carbonyl (C=O) groups is 2. The number of aliphatic carboxylic acids is 1. The summed E-state index contributed by atoms with van der Waals surface area (Å²) in [5, 5.41) is 25.1. The maximum Gasteiger partial charge on any atom is 0.358 e. The van der Waals surface area contributed by atoms with E-state index in [1.807, 2.05) is 0 Å². The molecular formula is C15H14FN3O4. The van der Waals surface area contributed by atoms with Crippen molar-refractivity contribution < 1.29 is 24.2 Å². The lowest BCUT2D eigenvalue weighted by molar-refractivity contribution is -0.137. The number of aryl methyl sites for hydroxylation is 1. The number of carboxylic acids is 2. The second kappa shape index (κ2) is 7.30. The highest BCUT2D eigenvalue weighted by molar-refractivity contribution is 5.90. The van der Waals surface area contributed by atoms with Gasteiger partial charge in [-0.15, -0.1) is 5.10 Å². The minimum Gasteiger partial charge on any atom is -0.481 e. The van der Waals surface area contributed by atoms with Gasteiger partial charge in [0.2, 0.25) is 0 Å². The zero-order valence-electron chi connectivity index (χ0n) is 12.0. The second-order valence-electron chi connectivity index (χ2n) is 4.73. The predicted octanol–water partition coefficient (Wildman–Crippen LogP) is 2.15. The number of hydrogen-bond donors (Lipinski definition) is 2. The molecule has 0 bridgehead atoms. The molecule has 0 atom stereocenters. The Morgan fingerprint density at radius 3 is 2.48 bits per heavy atom. The van der Waals surface area contributed by atoms with E-state index in [4.69, 9.17) is 10.2 Å². The van der Waals surface area contributed by atoms with Crippen molar-refractivity contribution in [1.29, 1.82) is 0 Å². The van der Waals surface area contributed by atoms with E-state index in [0.717, 1.165) is 0 Å². The molecule has 0 fully saturated rings. The van der Waals surface area contributed by atoms with Gasteiger partial charge in [-0.2, -0.15) is 0 Å². The van der Waals surface area contributed by atoms with Crippen LogP contribution in [-0.4, -0.2) is 37.1 Å². The lowest BCUT2D eigenvalue weighted by atomic mass is 10.2. The van der Waals surface area contributed by atoms with Crippen LogP contribution in [0.2, 0.25) is 0 Å². The van der Waals surface area contributed by atoms with Gasteiger partial charge in [0.05, 0.1) is 5.69 Å². The summed E-state index contributed by atoms with van der Waals surface area (Å²) in [7, 11) is 0. The predicted molar refractivity (Wildman–Crippen MR) is 79.2 cm³/mol. The third-order valence-corrected chi connectivity index (χ3v) is 3.04. The minimum atomic E-state index is -1.23. The van der Waals surface area contributed by atoms with Gasteiger partial charge < -0.3 is 10.2 Å². The number of benzene rings is 1. The molecule has 120 valence electrons. The first-order valence-electron chi connectivity index (χ1n) is 6.79. The largest absolute Gasteiger partial charge is 0.481 e. The maximum atomic E-state index is 12.9. The molecule has 0 aliphatic heterocycles. The first-order chi connectivity index (χ1) is 11.0. The summed E-state index contributed by atoms with van der Waals surface area (Å²) in [6.45, 7) is 0.232. The van der Waals surface area contributed by atoms with Crippen LogP contribution in [0.4, 0.5) is 4.39 Å². The van der Waals surface area contributed by atoms with Crippen molar-refractivity contribution in [2.24, 2.45) is 0 Å². The number of aromatic carboxylic acids is 1. The topological polar surface area (TPSA) is 105 Å². The Kier molecular flexibility index (Phi) is 5.19. The van der Waals surface area contributed by atoms with Crippen molar-refractivity contribution in [2.45, 2.75) is 19.4 Å². The maximum absolute atomic E-state index is 12.9. The van der Waals surface area contributed by atoms with Gasteiger partial charge >= 0.3 is 11.9 Å². The quantitative estimate of drug-likeness (QED) is 0.810.